The first kappa shape index (κ1) is 50.7. The number of benzene rings is 4. The van der Waals surface area contributed by atoms with Crippen molar-refractivity contribution in [3.05, 3.63) is 171 Å². The number of nitrogens with zero attached hydrogens (tertiary/aromatic N) is 3. The van der Waals surface area contributed by atoms with Crippen molar-refractivity contribution in [1.29, 1.82) is 0 Å². The van der Waals surface area contributed by atoms with Crippen molar-refractivity contribution in [2.24, 2.45) is 5.92 Å². The van der Waals surface area contributed by atoms with E-state index in [0.29, 0.717) is 32.1 Å². The van der Waals surface area contributed by atoms with Gasteiger partial charge in [0, 0.05) is 83.2 Å². The fourth-order valence-corrected chi connectivity index (χ4v) is 11.7. The number of Topliss-reactive ketones (excluding diaryl/α,β-unsaturated/α-hetero) is 1. The highest BCUT2D eigenvalue weighted by atomic mass is 32.1. The average molecular weight is 973 g/mol. The molecule has 71 heavy (non-hydrogen) atoms. The number of rotatable bonds is 23. The zero-order chi connectivity index (χ0) is 50.3. The van der Waals surface area contributed by atoms with Gasteiger partial charge in [0.05, 0.1) is 22.7 Å². The van der Waals surface area contributed by atoms with E-state index in [2.05, 4.69) is 134 Å². The molecule has 1 aromatic heterocycles. The summed E-state index contributed by atoms with van der Waals surface area (Å²) in [6.45, 7) is 12.7. The van der Waals surface area contributed by atoms with Gasteiger partial charge < -0.3 is 14.7 Å². The minimum Gasteiger partial charge on any atom is -0.481 e. The number of carbonyl (C=O) groups excluding carboxylic acids is 2. The van der Waals surface area contributed by atoms with Crippen LogP contribution in [0.3, 0.4) is 0 Å². The van der Waals surface area contributed by atoms with Crippen LogP contribution in [0.4, 0.5) is 17.1 Å². The van der Waals surface area contributed by atoms with Gasteiger partial charge in [-0.1, -0.05) is 99.5 Å². The molecule has 0 spiro atoms. The molecule has 0 radical (unpaired) electrons. The second-order valence-corrected chi connectivity index (χ2v) is 21.0. The molecule has 2 aliphatic heterocycles. The summed E-state index contributed by atoms with van der Waals surface area (Å²) in [5, 5.41) is 23.6. The monoisotopic (exact) mass is 972 g/mol. The van der Waals surface area contributed by atoms with Crippen molar-refractivity contribution >= 4 is 51.8 Å². The van der Waals surface area contributed by atoms with Gasteiger partial charge in [0.15, 0.2) is 5.71 Å². The van der Waals surface area contributed by atoms with Crippen molar-refractivity contribution < 1.29 is 33.7 Å². The lowest BCUT2D eigenvalue weighted by Gasteiger charge is -2.25. The maximum absolute atomic E-state index is 13.0. The summed E-state index contributed by atoms with van der Waals surface area (Å²) in [6, 6.07) is 32.5. The zero-order valence-corrected chi connectivity index (χ0v) is 42.5. The quantitative estimate of drug-likeness (QED) is 0.0171. The summed E-state index contributed by atoms with van der Waals surface area (Å²) in [5.41, 5.74) is 11.9. The Kier molecular flexibility index (Phi) is 15.8. The van der Waals surface area contributed by atoms with E-state index in [4.69, 9.17) is 4.74 Å². The number of carboxylic acids is 1. The third-order valence-electron chi connectivity index (χ3n) is 14.8. The molecule has 0 saturated carbocycles. The molecular formula is C60H66N3O7S+. The van der Waals surface area contributed by atoms with Crippen molar-refractivity contribution in [3.63, 3.8) is 0 Å². The van der Waals surface area contributed by atoms with Crippen LogP contribution in [0, 0.1) is 16.0 Å². The Morgan fingerprint density at radius 2 is 1.52 bits per heavy atom. The number of esters is 1. The van der Waals surface area contributed by atoms with Crippen molar-refractivity contribution in [1.82, 2.24) is 0 Å². The molecule has 8 rings (SSSR count). The SMILES string of the molecule is CCN1/C(=C/C=C/C=C/C2=[N+](CCCCCC(=O)CCCCCC(CC(=O)OCC3c4ccccc4-c4ccccc43)C(=O)O)c3ccc(-c4cccs4)cc3C2(C)C)C(C)(C)c2cc([N+](=O)[O-])ccc21. The van der Waals surface area contributed by atoms with Gasteiger partial charge in [-0.2, -0.15) is 4.58 Å². The molecule has 4 aromatic carbocycles. The van der Waals surface area contributed by atoms with Crippen LogP contribution in [0.25, 0.3) is 21.6 Å². The number of non-ortho nitro benzene ring substituents is 1. The highest BCUT2D eigenvalue weighted by Crippen LogP contribution is 2.49. The second kappa shape index (κ2) is 22.1. The number of anilines is 1. The number of thiophene rings is 1. The highest BCUT2D eigenvalue weighted by Gasteiger charge is 2.44. The first-order chi connectivity index (χ1) is 34.2. The van der Waals surface area contributed by atoms with Gasteiger partial charge in [-0.15, -0.1) is 11.3 Å². The van der Waals surface area contributed by atoms with Crippen LogP contribution in [-0.2, 0) is 30.0 Å². The molecule has 0 amide bonds. The Morgan fingerprint density at radius 1 is 0.817 bits per heavy atom. The van der Waals surface area contributed by atoms with Crippen molar-refractivity contribution in [2.45, 2.75) is 116 Å². The molecule has 1 aliphatic carbocycles. The molecule has 11 heteroatoms. The number of likely N-dealkylation sites (N-methyl/N-ethyl adjacent to an activating group) is 1. The van der Waals surface area contributed by atoms with Crippen LogP contribution in [0.1, 0.15) is 127 Å². The van der Waals surface area contributed by atoms with Crippen LogP contribution in [0.15, 0.2) is 139 Å². The number of carboxylic acid groups (broad SMARTS) is 1. The Labute approximate surface area is 422 Å². The third-order valence-corrected chi connectivity index (χ3v) is 15.7. The highest BCUT2D eigenvalue weighted by molar-refractivity contribution is 7.13. The Balaban J connectivity index is 0.818. The molecule has 1 atom stereocenters. The van der Waals surface area contributed by atoms with Crippen LogP contribution in [0.5, 0.6) is 0 Å². The molecule has 1 unspecified atom stereocenters. The van der Waals surface area contributed by atoms with Gasteiger partial charge in [0.1, 0.15) is 18.9 Å². The summed E-state index contributed by atoms with van der Waals surface area (Å²) in [4.78, 5) is 52.8. The first-order valence-electron chi connectivity index (χ1n) is 25.2. The molecule has 10 nitrogen and oxygen atoms in total. The van der Waals surface area contributed by atoms with E-state index in [1.54, 1.807) is 23.5 Å². The number of nitro benzene ring substituents is 1. The number of ether oxygens (including phenoxy) is 1. The number of nitro groups is 1. The molecule has 5 aromatic rings. The number of ketones is 1. The van der Waals surface area contributed by atoms with E-state index in [0.717, 1.165) is 78.0 Å². The van der Waals surface area contributed by atoms with Crippen LogP contribution >= 0.6 is 11.3 Å². The third kappa shape index (κ3) is 11.0. The number of carbonyl (C=O) groups is 3. The minimum atomic E-state index is -0.998. The fourth-order valence-electron chi connectivity index (χ4n) is 11.0. The number of aliphatic carboxylic acids is 1. The van der Waals surface area contributed by atoms with Gasteiger partial charge in [-0.25, -0.2) is 0 Å². The van der Waals surface area contributed by atoms with E-state index in [1.807, 2.05) is 30.3 Å². The first-order valence-corrected chi connectivity index (χ1v) is 26.1. The standard InChI is InChI=1S/C60H65N3O7S/c1-6-61-52-34-32-43(63(68)69)39-51(52)60(4,5)55(61)29-13-8-14-30-56-59(2,3)50-37-41(54-28-20-36-71-54)31-33-53(50)62(56)35-19-9-12-23-44(64)22-11-7-10-21-42(58(66)67)38-57(65)70-40-49-47-26-17-15-24-45(47)46-25-16-18-27-48(46)49/h8,13-18,20,24-34,36-37,39,42,49H,6-7,9-12,19,21-23,35,38,40H2,1-5H3/p+1. The minimum absolute atomic E-state index is 0.0765. The van der Waals surface area contributed by atoms with Crippen LogP contribution in [0.2, 0.25) is 0 Å². The van der Waals surface area contributed by atoms with Gasteiger partial charge in [0.25, 0.3) is 5.69 Å². The van der Waals surface area contributed by atoms with Gasteiger partial charge >= 0.3 is 11.9 Å². The van der Waals surface area contributed by atoms with Gasteiger partial charge in [-0.3, -0.25) is 24.5 Å². The molecule has 0 fully saturated rings. The second-order valence-electron chi connectivity index (χ2n) is 20.1. The topological polar surface area (TPSA) is 130 Å². The van der Waals surface area contributed by atoms with Crippen molar-refractivity contribution in [2.75, 3.05) is 24.6 Å². The predicted octanol–water partition coefficient (Wildman–Crippen LogP) is 14.0. The zero-order valence-electron chi connectivity index (χ0n) is 41.7. The summed E-state index contributed by atoms with van der Waals surface area (Å²) in [6.07, 6.45) is 16.5. The Bertz CT molecular complexity index is 2880. The number of hydrogen-bond acceptors (Lipinski definition) is 8. The summed E-state index contributed by atoms with van der Waals surface area (Å²) < 4.78 is 8.15. The average Bonchev–Trinajstić information content (AvgIpc) is 4.10. The lowest BCUT2D eigenvalue weighted by atomic mass is 9.80. The lowest BCUT2D eigenvalue weighted by molar-refractivity contribution is -0.438. The number of allylic oxidation sites excluding steroid dienone is 6. The van der Waals surface area contributed by atoms with E-state index in [9.17, 15) is 29.6 Å². The van der Waals surface area contributed by atoms with Crippen molar-refractivity contribution in [3.8, 4) is 21.6 Å². The maximum Gasteiger partial charge on any atom is 0.307 e. The van der Waals surface area contributed by atoms with Gasteiger partial charge in [0.2, 0.25) is 5.69 Å². The molecule has 0 saturated heterocycles. The van der Waals surface area contributed by atoms with E-state index < -0.39 is 23.3 Å². The van der Waals surface area contributed by atoms with Gasteiger partial charge in [-0.05, 0) is 116 Å². The maximum atomic E-state index is 13.0. The number of unbranched alkanes of at least 4 members (excludes halogenated alkanes) is 4. The fraction of sp³-hybridized carbons (Fsp3) is 0.367. The molecule has 3 heterocycles. The molecule has 1 N–H and O–H groups in total. The molecule has 368 valence electrons. The smallest absolute Gasteiger partial charge is 0.307 e. The van der Waals surface area contributed by atoms with E-state index in [1.165, 1.54) is 27.4 Å². The summed E-state index contributed by atoms with van der Waals surface area (Å²) >= 11 is 1.74. The summed E-state index contributed by atoms with van der Waals surface area (Å²) in [5.74, 6) is -2.16. The molecule has 3 aliphatic rings. The largest absolute Gasteiger partial charge is 0.481 e. The number of fused-ring (bicyclic) bond motifs is 5. The lowest BCUT2D eigenvalue weighted by Crippen LogP contribution is -2.28. The Hall–Kier alpha value is -6.72. The van der Waals surface area contributed by atoms with E-state index in [-0.39, 0.29) is 40.8 Å². The number of hydrogen-bond donors (Lipinski definition) is 1. The van der Waals surface area contributed by atoms with Crippen LogP contribution in [-0.4, -0.2) is 57.7 Å². The summed E-state index contributed by atoms with van der Waals surface area (Å²) in [7, 11) is 0. The molecule has 0 bridgehead atoms. The normalized spacial score (nSPS) is 16.4. The Morgan fingerprint density at radius 3 is 2.18 bits per heavy atom. The molecular weight excluding hydrogens is 907 g/mol. The van der Waals surface area contributed by atoms with E-state index >= 15 is 0 Å². The predicted molar refractivity (Wildman–Crippen MR) is 285 cm³/mol. The van der Waals surface area contributed by atoms with Crippen LogP contribution < -0.4 is 4.90 Å².